The number of hydrogen-bond donors (Lipinski definition) is 2. The highest BCUT2D eigenvalue weighted by molar-refractivity contribution is 7.12. The Balaban J connectivity index is 2.12. The molecule has 2 rings (SSSR count). The molecule has 90 valence electrons. The van der Waals surface area contributed by atoms with Crippen LogP contribution in [0.5, 0.6) is 0 Å². The zero-order valence-electron chi connectivity index (χ0n) is 10.4. The second kappa shape index (κ2) is 4.80. The third kappa shape index (κ3) is 2.80. The van der Waals surface area contributed by atoms with Crippen LogP contribution in [0, 0.1) is 13.8 Å². The molecule has 1 atom stereocenters. The zero-order chi connectivity index (χ0) is 12.4. The molecule has 0 fully saturated rings. The van der Waals surface area contributed by atoms with Crippen LogP contribution in [0.1, 0.15) is 28.3 Å². The predicted molar refractivity (Wildman–Crippen MR) is 76.7 cm³/mol. The van der Waals surface area contributed by atoms with Crippen molar-refractivity contribution >= 4 is 22.7 Å². The molecule has 1 aromatic heterocycles. The lowest BCUT2D eigenvalue weighted by Crippen LogP contribution is -2.05. The molecule has 1 unspecified atom stereocenters. The number of nitrogen functional groups attached to an aromatic ring is 1. The standard InChI is InChI=1S/C14H18N2S/c1-9-8-12(5-6-13(9)15)16-11(3)14-7-4-10(2)17-14/h4-8,11,16H,15H2,1-3H3. The normalized spacial score (nSPS) is 12.4. The van der Waals surface area contributed by atoms with Crippen LogP contribution >= 0.6 is 11.3 Å². The lowest BCUT2D eigenvalue weighted by molar-refractivity contribution is 0.908. The Morgan fingerprint density at radius 3 is 2.53 bits per heavy atom. The predicted octanol–water partition coefficient (Wildman–Crippen LogP) is 4.12. The average Bonchev–Trinajstić information content (AvgIpc) is 2.70. The summed E-state index contributed by atoms with van der Waals surface area (Å²) in [6, 6.07) is 10.7. The van der Waals surface area contributed by atoms with Gasteiger partial charge in [-0.05, 0) is 56.7 Å². The van der Waals surface area contributed by atoms with Gasteiger partial charge in [0.15, 0.2) is 0 Å². The molecular formula is C14H18N2S. The van der Waals surface area contributed by atoms with Crippen molar-refractivity contribution in [3.05, 3.63) is 45.6 Å². The Bertz CT molecular complexity index is 517. The van der Waals surface area contributed by atoms with Gasteiger partial charge in [-0.1, -0.05) is 0 Å². The van der Waals surface area contributed by atoms with E-state index in [1.165, 1.54) is 9.75 Å². The number of benzene rings is 1. The summed E-state index contributed by atoms with van der Waals surface area (Å²) in [5.41, 5.74) is 8.89. The first-order chi connectivity index (χ1) is 8.06. The maximum absolute atomic E-state index is 5.81. The molecule has 0 radical (unpaired) electrons. The third-order valence-corrected chi connectivity index (χ3v) is 4.02. The van der Waals surface area contributed by atoms with E-state index in [4.69, 9.17) is 5.73 Å². The van der Waals surface area contributed by atoms with Gasteiger partial charge in [-0.25, -0.2) is 0 Å². The summed E-state index contributed by atoms with van der Waals surface area (Å²) in [6.45, 7) is 6.34. The second-order valence-corrected chi connectivity index (χ2v) is 5.71. The third-order valence-electron chi connectivity index (χ3n) is 2.84. The summed E-state index contributed by atoms with van der Waals surface area (Å²) >= 11 is 1.84. The van der Waals surface area contributed by atoms with Crippen LogP contribution in [0.3, 0.4) is 0 Å². The molecule has 0 saturated heterocycles. The van der Waals surface area contributed by atoms with E-state index in [2.05, 4.69) is 37.4 Å². The fourth-order valence-electron chi connectivity index (χ4n) is 1.77. The Labute approximate surface area is 106 Å². The van der Waals surface area contributed by atoms with Crippen molar-refractivity contribution in [2.45, 2.75) is 26.8 Å². The molecule has 17 heavy (non-hydrogen) atoms. The topological polar surface area (TPSA) is 38.0 Å². The van der Waals surface area contributed by atoms with Crippen LogP contribution in [0.2, 0.25) is 0 Å². The number of nitrogens with one attached hydrogen (secondary N) is 1. The van der Waals surface area contributed by atoms with Gasteiger partial charge in [0, 0.05) is 21.1 Å². The Kier molecular flexibility index (Phi) is 3.38. The van der Waals surface area contributed by atoms with Gasteiger partial charge in [0.1, 0.15) is 0 Å². The largest absolute Gasteiger partial charge is 0.399 e. The number of nitrogens with two attached hydrogens (primary N) is 1. The summed E-state index contributed by atoms with van der Waals surface area (Å²) < 4.78 is 0. The maximum atomic E-state index is 5.81. The number of hydrogen-bond acceptors (Lipinski definition) is 3. The van der Waals surface area contributed by atoms with Gasteiger partial charge < -0.3 is 11.1 Å². The van der Waals surface area contributed by atoms with Gasteiger partial charge in [-0.15, -0.1) is 11.3 Å². The lowest BCUT2D eigenvalue weighted by atomic mass is 10.1. The van der Waals surface area contributed by atoms with Gasteiger partial charge in [0.25, 0.3) is 0 Å². The minimum Gasteiger partial charge on any atom is -0.399 e. The van der Waals surface area contributed by atoms with Crippen molar-refractivity contribution in [1.82, 2.24) is 0 Å². The average molecular weight is 246 g/mol. The molecule has 2 nitrogen and oxygen atoms in total. The smallest absolute Gasteiger partial charge is 0.0578 e. The first kappa shape index (κ1) is 12.0. The summed E-state index contributed by atoms with van der Waals surface area (Å²) in [5, 5.41) is 3.49. The van der Waals surface area contributed by atoms with Crippen molar-refractivity contribution in [3.8, 4) is 0 Å². The summed E-state index contributed by atoms with van der Waals surface area (Å²) in [4.78, 5) is 2.71. The molecule has 1 aromatic carbocycles. The van der Waals surface area contributed by atoms with Gasteiger partial charge in [0.2, 0.25) is 0 Å². The Morgan fingerprint density at radius 1 is 1.18 bits per heavy atom. The molecule has 0 saturated carbocycles. The van der Waals surface area contributed by atoms with E-state index in [9.17, 15) is 0 Å². The molecule has 0 aliphatic carbocycles. The van der Waals surface area contributed by atoms with Crippen LogP contribution in [-0.2, 0) is 0 Å². The quantitative estimate of drug-likeness (QED) is 0.799. The van der Waals surface area contributed by atoms with Crippen LogP contribution in [0.15, 0.2) is 30.3 Å². The van der Waals surface area contributed by atoms with Crippen molar-refractivity contribution in [2.24, 2.45) is 0 Å². The van der Waals surface area contributed by atoms with E-state index in [1.807, 2.05) is 30.4 Å². The molecular weight excluding hydrogens is 228 g/mol. The molecule has 0 aliphatic heterocycles. The minimum absolute atomic E-state index is 0.330. The van der Waals surface area contributed by atoms with E-state index in [-0.39, 0.29) is 0 Å². The van der Waals surface area contributed by atoms with E-state index < -0.39 is 0 Å². The van der Waals surface area contributed by atoms with Crippen molar-refractivity contribution in [2.75, 3.05) is 11.1 Å². The van der Waals surface area contributed by atoms with Crippen molar-refractivity contribution in [3.63, 3.8) is 0 Å². The van der Waals surface area contributed by atoms with Gasteiger partial charge in [0.05, 0.1) is 6.04 Å². The first-order valence-corrected chi connectivity index (χ1v) is 6.57. The van der Waals surface area contributed by atoms with Gasteiger partial charge in [-0.3, -0.25) is 0 Å². The molecule has 0 bridgehead atoms. The molecule has 3 N–H and O–H groups in total. The number of anilines is 2. The molecule has 3 heteroatoms. The van der Waals surface area contributed by atoms with Crippen molar-refractivity contribution < 1.29 is 0 Å². The highest BCUT2D eigenvalue weighted by Gasteiger charge is 2.07. The molecule has 0 amide bonds. The molecule has 0 spiro atoms. The fraction of sp³-hybridized carbons (Fsp3) is 0.286. The van der Waals surface area contributed by atoms with Crippen molar-refractivity contribution in [1.29, 1.82) is 0 Å². The molecule has 2 aromatic rings. The summed E-state index contributed by atoms with van der Waals surface area (Å²) in [6.07, 6.45) is 0. The number of rotatable bonds is 3. The van der Waals surface area contributed by atoms with Crippen LogP contribution in [0.25, 0.3) is 0 Å². The van der Waals surface area contributed by atoms with Crippen LogP contribution in [-0.4, -0.2) is 0 Å². The molecule has 0 aliphatic rings. The number of aryl methyl sites for hydroxylation is 2. The maximum Gasteiger partial charge on any atom is 0.0578 e. The fourth-order valence-corrected chi connectivity index (χ4v) is 2.65. The van der Waals surface area contributed by atoms with Gasteiger partial charge in [-0.2, -0.15) is 0 Å². The summed E-state index contributed by atoms with van der Waals surface area (Å²) in [7, 11) is 0. The zero-order valence-corrected chi connectivity index (χ0v) is 11.3. The van der Waals surface area contributed by atoms with E-state index in [0.29, 0.717) is 6.04 Å². The molecule has 1 heterocycles. The highest BCUT2D eigenvalue weighted by Crippen LogP contribution is 2.26. The second-order valence-electron chi connectivity index (χ2n) is 4.39. The van der Waals surface area contributed by atoms with E-state index >= 15 is 0 Å². The Morgan fingerprint density at radius 2 is 1.94 bits per heavy atom. The van der Waals surface area contributed by atoms with Crippen LogP contribution < -0.4 is 11.1 Å². The van der Waals surface area contributed by atoms with Crippen LogP contribution in [0.4, 0.5) is 11.4 Å². The Hall–Kier alpha value is -1.48. The van der Waals surface area contributed by atoms with E-state index in [0.717, 1.165) is 16.9 Å². The minimum atomic E-state index is 0.330. The SMILES string of the molecule is Cc1ccc(C(C)Nc2ccc(N)c(C)c2)s1. The number of thiophene rings is 1. The summed E-state index contributed by atoms with van der Waals surface area (Å²) in [5.74, 6) is 0. The van der Waals surface area contributed by atoms with E-state index in [1.54, 1.807) is 0 Å². The first-order valence-electron chi connectivity index (χ1n) is 5.75. The van der Waals surface area contributed by atoms with Gasteiger partial charge >= 0.3 is 0 Å². The highest BCUT2D eigenvalue weighted by atomic mass is 32.1. The lowest BCUT2D eigenvalue weighted by Gasteiger charge is -2.14. The monoisotopic (exact) mass is 246 g/mol.